The highest BCUT2D eigenvalue weighted by Gasteiger charge is 2.27. The highest BCUT2D eigenvalue weighted by atomic mass is 35.5. The van der Waals surface area contributed by atoms with Crippen LogP contribution in [0.15, 0.2) is 12.1 Å². The van der Waals surface area contributed by atoms with Gasteiger partial charge in [-0.25, -0.2) is 0 Å². The fourth-order valence-corrected chi connectivity index (χ4v) is 2.46. The summed E-state index contributed by atoms with van der Waals surface area (Å²) in [4.78, 5) is 11.3. The van der Waals surface area contributed by atoms with Crippen LogP contribution in [0.2, 0.25) is 0 Å². The smallest absolute Gasteiger partial charge is 0.235 e. The number of alkyl halides is 1. The molecule has 130 valence electrons. The van der Waals surface area contributed by atoms with E-state index in [1.165, 1.54) is 0 Å². The number of halogens is 1. The Kier molecular flexibility index (Phi) is 6.11. The van der Waals surface area contributed by atoms with Crippen molar-refractivity contribution in [1.29, 1.82) is 0 Å². The van der Waals surface area contributed by atoms with Crippen LogP contribution in [0.3, 0.4) is 0 Å². The Hall–Kier alpha value is -1.26. The molecule has 1 unspecified atom stereocenters. The van der Waals surface area contributed by atoms with Crippen molar-refractivity contribution in [3.63, 3.8) is 0 Å². The number of carbonyl (C=O) groups excluding carboxylic acids is 1. The van der Waals surface area contributed by atoms with Crippen LogP contribution < -0.4 is 5.32 Å². The van der Waals surface area contributed by atoms with Gasteiger partial charge in [0.1, 0.15) is 11.6 Å². The highest BCUT2D eigenvalue weighted by molar-refractivity contribution is 6.27. The summed E-state index contributed by atoms with van der Waals surface area (Å²) in [6.07, 6.45) is -0.857. The lowest BCUT2D eigenvalue weighted by Gasteiger charge is -2.29. The van der Waals surface area contributed by atoms with Crippen LogP contribution in [0.5, 0.6) is 5.75 Å². The second-order valence-electron chi connectivity index (χ2n) is 7.92. The van der Waals surface area contributed by atoms with Gasteiger partial charge in [-0.3, -0.25) is 4.79 Å². The van der Waals surface area contributed by atoms with Gasteiger partial charge in [-0.1, -0.05) is 41.5 Å². The van der Waals surface area contributed by atoms with Crippen molar-refractivity contribution >= 4 is 17.5 Å². The lowest BCUT2D eigenvalue weighted by Crippen LogP contribution is -2.29. The molecule has 0 radical (unpaired) electrons. The van der Waals surface area contributed by atoms with Crippen LogP contribution in [0, 0.1) is 0 Å². The normalized spacial score (nSPS) is 13.7. The zero-order valence-corrected chi connectivity index (χ0v) is 15.6. The molecule has 5 heteroatoms. The van der Waals surface area contributed by atoms with Gasteiger partial charge in [0.05, 0.1) is 6.10 Å². The van der Waals surface area contributed by atoms with Gasteiger partial charge >= 0.3 is 0 Å². The molecular formula is C18H28ClNO3. The third-order valence-electron chi connectivity index (χ3n) is 3.75. The summed E-state index contributed by atoms with van der Waals surface area (Å²) in [6.45, 7) is 12.2. The van der Waals surface area contributed by atoms with Crippen LogP contribution in [0.1, 0.15) is 64.3 Å². The third kappa shape index (κ3) is 5.11. The first-order chi connectivity index (χ1) is 10.4. The molecule has 3 N–H and O–H groups in total. The maximum absolute atomic E-state index is 11.3. The summed E-state index contributed by atoms with van der Waals surface area (Å²) in [5.74, 6) is -0.190. The molecule has 0 heterocycles. The number of benzene rings is 1. The van der Waals surface area contributed by atoms with Crippen molar-refractivity contribution in [2.45, 2.75) is 58.5 Å². The maximum Gasteiger partial charge on any atom is 0.235 e. The largest absolute Gasteiger partial charge is 0.507 e. The number of phenols is 1. The number of aliphatic hydroxyl groups is 1. The lowest BCUT2D eigenvalue weighted by atomic mass is 9.78. The molecule has 0 spiro atoms. The lowest BCUT2D eigenvalue weighted by molar-refractivity contribution is -0.119. The zero-order chi connectivity index (χ0) is 18.0. The number of aromatic hydroxyl groups is 1. The van der Waals surface area contributed by atoms with Gasteiger partial charge in [0.25, 0.3) is 0 Å². The predicted octanol–water partition coefficient (Wildman–Crippen LogP) is 3.38. The first-order valence-corrected chi connectivity index (χ1v) is 8.30. The number of hydrogen-bond donors (Lipinski definition) is 3. The van der Waals surface area contributed by atoms with Crippen LogP contribution in [-0.4, -0.2) is 28.5 Å². The third-order valence-corrected chi connectivity index (χ3v) is 3.99. The molecule has 0 aliphatic heterocycles. The Morgan fingerprint density at radius 3 is 1.91 bits per heavy atom. The van der Waals surface area contributed by atoms with E-state index in [0.717, 1.165) is 11.1 Å². The molecule has 1 aromatic carbocycles. The average Bonchev–Trinajstić information content (AvgIpc) is 2.41. The Morgan fingerprint density at radius 2 is 1.57 bits per heavy atom. The number of amides is 1. The number of phenolic OH excluding ortho intramolecular Hbond substituents is 1. The standard InChI is InChI=1S/C18H28ClNO3/c1-17(2,3)12-7-11(14(21)10-20-15(22)9-19)8-13(16(12)23)18(4,5)6/h7-8,14,21,23H,9-10H2,1-6H3,(H,20,22). The van der Waals surface area contributed by atoms with Crippen LogP contribution in [-0.2, 0) is 15.6 Å². The second-order valence-corrected chi connectivity index (χ2v) is 8.19. The molecule has 0 saturated carbocycles. The quantitative estimate of drug-likeness (QED) is 0.735. The minimum absolute atomic E-state index is 0.0868. The monoisotopic (exact) mass is 341 g/mol. The van der Waals surface area contributed by atoms with Crippen molar-refractivity contribution in [3.8, 4) is 5.75 Å². The van der Waals surface area contributed by atoms with Gasteiger partial charge in [-0.2, -0.15) is 0 Å². The Labute approximate surface area is 143 Å². The number of aliphatic hydroxyl groups excluding tert-OH is 1. The Balaban J connectivity index is 3.30. The van der Waals surface area contributed by atoms with Gasteiger partial charge in [0.2, 0.25) is 5.91 Å². The predicted molar refractivity (Wildman–Crippen MR) is 94.2 cm³/mol. The molecule has 0 aliphatic carbocycles. The fourth-order valence-electron chi connectivity index (χ4n) is 2.37. The van der Waals surface area contributed by atoms with E-state index in [-0.39, 0.29) is 34.9 Å². The van der Waals surface area contributed by atoms with E-state index in [4.69, 9.17) is 11.6 Å². The summed E-state index contributed by atoms with van der Waals surface area (Å²) in [7, 11) is 0. The second kappa shape index (κ2) is 7.10. The molecule has 0 aromatic heterocycles. The van der Waals surface area contributed by atoms with Gasteiger partial charge in [0, 0.05) is 6.54 Å². The summed E-state index contributed by atoms with van der Waals surface area (Å²) in [5, 5.41) is 23.6. The molecule has 23 heavy (non-hydrogen) atoms. The van der Waals surface area contributed by atoms with E-state index in [1.807, 2.05) is 53.7 Å². The molecule has 1 atom stereocenters. The van der Waals surface area contributed by atoms with E-state index >= 15 is 0 Å². The average molecular weight is 342 g/mol. The van der Waals surface area contributed by atoms with Crippen molar-refractivity contribution in [2.24, 2.45) is 0 Å². The molecule has 0 fully saturated rings. The minimum Gasteiger partial charge on any atom is -0.507 e. The summed E-state index contributed by atoms with van der Waals surface area (Å²) >= 11 is 5.45. The summed E-state index contributed by atoms with van der Waals surface area (Å²) in [6, 6.07) is 3.62. The number of nitrogens with one attached hydrogen (secondary N) is 1. The van der Waals surface area contributed by atoms with Crippen molar-refractivity contribution < 1.29 is 15.0 Å². The van der Waals surface area contributed by atoms with Crippen LogP contribution >= 0.6 is 11.6 Å². The molecule has 1 rings (SSSR count). The van der Waals surface area contributed by atoms with Gasteiger partial charge in [0.15, 0.2) is 0 Å². The van der Waals surface area contributed by atoms with Gasteiger partial charge < -0.3 is 15.5 Å². The first kappa shape index (κ1) is 19.8. The molecule has 4 nitrogen and oxygen atoms in total. The minimum atomic E-state index is -0.857. The molecule has 0 saturated heterocycles. The number of carbonyl (C=O) groups is 1. The molecule has 0 bridgehead atoms. The Bertz CT molecular complexity index is 536. The SMILES string of the molecule is CC(C)(C)c1cc(C(O)CNC(=O)CCl)cc(C(C)(C)C)c1O. The van der Waals surface area contributed by atoms with Crippen molar-refractivity contribution in [2.75, 3.05) is 12.4 Å². The molecular weight excluding hydrogens is 314 g/mol. The molecule has 1 amide bonds. The van der Waals surface area contributed by atoms with Crippen molar-refractivity contribution in [3.05, 3.63) is 28.8 Å². The van der Waals surface area contributed by atoms with E-state index in [0.29, 0.717) is 5.56 Å². The first-order valence-electron chi connectivity index (χ1n) is 7.76. The number of rotatable bonds is 4. The summed E-state index contributed by atoms with van der Waals surface area (Å²) in [5.41, 5.74) is 1.70. The van der Waals surface area contributed by atoms with Crippen LogP contribution in [0.25, 0.3) is 0 Å². The summed E-state index contributed by atoms with van der Waals surface area (Å²) < 4.78 is 0. The van der Waals surface area contributed by atoms with E-state index in [9.17, 15) is 15.0 Å². The number of hydrogen-bond acceptors (Lipinski definition) is 3. The van der Waals surface area contributed by atoms with Crippen LogP contribution in [0.4, 0.5) is 0 Å². The van der Waals surface area contributed by atoms with E-state index in [2.05, 4.69) is 5.32 Å². The van der Waals surface area contributed by atoms with Crippen molar-refractivity contribution in [1.82, 2.24) is 5.32 Å². The highest BCUT2D eigenvalue weighted by Crippen LogP contribution is 2.40. The topological polar surface area (TPSA) is 69.6 Å². The molecule has 0 aliphatic rings. The van der Waals surface area contributed by atoms with Gasteiger partial charge in [-0.15, -0.1) is 11.6 Å². The van der Waals surface area contributed by atoms with E-state index in [1.54, 1.807) is 0 Å². The Morgan fingerprint density at radius 1 is 1.13 bits per heavy atom. The maximum atomic E-state index is 11.3. The van der Waals surface area contributed by atoms with Gasteiger partial charge in [-0.05, 0) is 39.7 Å². The fraction of sp³-hybridized carbons (Fsp3) is 0.611. The zero-order valence-electron chi connectivity index (χ0n) is 14.8. The molecule has 1 aromatic rings. The van der Waals surface area contributed by atoms with E-state index < -0.39 is 6.10 Å².